The van der Waals surface area contributed by atoms with Crippen molar-refractivity contribution in [3.8, 4) is 0 Å². The fourth-order valence-corrected chi connectivity index (χ4v) is 4.13. The summed E-state index contributed by atoms with van der Waals surface area (Å²) in [6.07, 6.45) is 1.68. The molecule has 1 amide bonds. The van der Waals surface area contributed by atoms with Gasteiger partial charge in [0.1, 0.15) is 0 Å². The summed E-state index contributed by atoms with van der Waals surface area (Å²) < 4.78 is 38.4. The summed E-state index contributed by atoms with van der Waals surface area (Å²) in [5, 5.41) is 3.04. The average Bonchev–Trinajstić information content (AvgIpc) is 3.17. The Bertz CT molecular complexity index is 877. The second kappa shape index (κ2) is 7.00. The molecule has 0 aromatic heterocycles. The van der Waals surface area contributed by atoms with Crippen LogP contribution in [-0.2, 0) is 11.0 Å². The molecule has 1 aliphatic carbocycles. The molecule has 4 rings (SSSR count). The number of anilines is 1. The average molecular weight is 386 g/mol. The van der Waals surface area contributed by atoms with Gasteiger partial charge in [0.25, 0.3) is 0 Å². The number of alkyl halides is 3. The monoisotopic (exact) mass is 386 g/mol. The molecule has 2 aliphatic rings. The zero-order valence-electron chi connectivity index (χ0n) is 15.2. The van der Waals surface area contributed by atoms with Crippen molar-refractivity contribution in [2.75, 3.05) is 11.4 Å². The van der Waals surface area contributed by atoms with Gasteiger partial charge < -0.3 is 10.2 Å². The predicted octanol–water partition coefficient (Wildman–Crippen LogP) is 4.65. The molecule has 2 unspecified atom stereocenters. The van der Waals surface area contributed by atoms with Crippen LogP contribution in [0.4, 0.5) is 18.9 Å². The smallest absolute Gasteiger partial charge is 0.364 e. The summed E-state index contributed by atoms with van der Waals surface area (Å²) >= 11 is 0. The molecule has 2 atom stereocenters. The van der Waals surface area contributed by atoms with E-state index in [2.05, 4.69) is 10.2 Å². The van der Waals surface area contributed by atoms with Crippen molar-refractivity contribution >= 4 is 17.7 Å². The van der Waals surface area contributed by atoms with Crippen LogP contribution >= 0.6 is 0 Å². The first kappa shape index (κ1) is 18.6. The van der Waals surface area contributed by atoms with Crippen molar-refractivity contribution in [2.45, 2.75) is 37.0 Å². The molecule has 6 heteroatoms. The minimum Gasteiger partial charge on any atom is -0.364 e. The lowest BCUT2D eigenvalue weighted by Crippen LogP contribution is -2.40. The van der Waals surface area contributed by atoms with Gasteiger partial charge in [-0.2, -0.15) is 13.2 Å². The normalized spacial score (nSPS) is 24.1. The van der Waals surface area contributed by atoms with E-state index in [-0.39, 0.29) is 17.5 Å². The summed E-state index contributed by atoms with van der Waals surface area (Å²) in [4.78, 5) is 14.4. The number of nitrogens with one attached hydrogen (secondary N) is 1. The summed E-state index contributed by atoms with van der Waals surface area (Å²) in [6, 6.07) is 14.9. The zero-order chi connectivity index (χ0) is 19.8. The van der Waals surface area contributed by atoms with Gasteiger partial charge in [0.15, 0.2) is 0 Å². The Kier molecular flexibility index (Phi) is 4.65. The fourth-order valence-electron chi connectivity index (χ4n) is 4.13. The van der Waals surface area contributed by atoms with E-state index in [0.717, 1.165) is 49.2 Å². The van der Waals surface area contributed by atoms with Gasteiger partial charge in [-0.3, -0.25) is 4.79 Å². The summed E-state index contributed by atoms with van der Waals surface area (Å²) in [6.45, 7) is 0.789. The molecule has 1 saturated carbocycles. The number of carbonyl (C=O) groups excluding carboxylic acids is 1. The van der Waals surface area contributed by atoms with E-state index >= 15 is 0 Å². The highest BCUT2D eigenvalue weighted by Gasteiger charge is 2.60. The first-order valence-corrected chi connectivity index (χ1v) is 9.37. The number of rotatable bonds is 4. The van der Waals surface area contributed by atoms with Crippen LogP contribution in [0.3, 0.4) is 0 Å². The third-order valence-electron chi connectivity index (χ3n) is 5.62. The van der Waals surface area contributed by atoms with Crippen LogP contribution in [0.25, 0.3) is 6.08 Å². The molecule has 0 bridgehead atoms. The van der Waals surface area contributed by atoms with Crippen molar-refractivity contribution in [1.82, 2.24) is 5.32 Å². The van der Waals surface area contributed by atoms with Gasteiger partial charge in [-0.15, -0.1) is 0 Å². The predicted molar refractivity (Wildman–Crippen MR) is 103 cm³/mol. The van der Waals surface area contributed by atoms with Gasteiger partial charge >= 0.3 is 6.18 Å². The summed E-state index contributed by atoms with van der Waals surface area (Å²) in [7, 11) is 0. The minimum absolute atomic E-state index is 0.0187. The van der Waals surface area contributed by atoms with E-state index < -0.39 is 11.7 Å². The van der Waals surface area contributed by atoms with Crippen molar-refractivity contribution in [3.05, 3.63) is 71.8 Å². The Morgan fingerprint density at radius 1 is 1.11 bits per heavy atom. The number of hydrogen-bond donors (Lipinski definition) is 1. The number of hydrogen-bond acceptors (Lipinski definition) is 2. The molecule has 2 aromatic rings. The van der Waals surface area contributed by atoms with E-state index in [1.807, 2.05) is 30.3 Å². The fraction of sp³-hybridized carbons (Fsp3) is 0.318. The summed E-state index contributed by atoms with van der Waals surface area (Å²) in [5.74, 6) is -0.148. The highest BCUT2D eigenvalue weighted by Crippen LogP contribution is 2.51. The Morgan fingerprint density at radius 3 is 2.50 bits per heavy atom. The molecule has 1 saturated heterocycles. The molecule has 1 N–H and O–H groups in total. The lowest BCUT2D eigenvalue weighted by Gasteiger charge is -2.28. The SMILES string of the molecule is O=C(/C=C/c1ccccc1)NC1CC12CCCN2c1ccc(C(F)(F)F)cc1. The molecule has 28 heavy (non-hydrogen) atoms. The van der Waals surface area contributed by atoms with Gasteiger partial charge in [0.2, 0.25) is 5.91 Å². The van der Waals surface area contributed by atoms with Crippen LogP contribution in [0.1, 0.15) is 30.4 Å². The number of halogens is 3. The third kappa shape index (κ3) is 3.63. The van der Waals surface area contributed by atoms with Crippen LogP contribution in [0.5, 0.6) is 0 Å². The largest absolute Gasteiger partial charge is 0.416 e. The molecule has 1 aliphatic heterocycles. The quantitative estimate of drug-likeness (QED) is 0.776. The molecule has 2 fully saturated rings. The summed E-state index contributed by atoms with van der Waals surface area (Å²) in [5.41, 5.74) is 0.921. The maximum atomic E-state index is 12.8. The van der Waals surface area contributed by atoms with E-state index in [9.17, 15) is 18.0 Å². The van der Waals surface area contributed by atoms with E-state index in [0.29, 0.717) is 0 Å². The van der Waals surface area contributed by atoms with Crippen molar-refractivity contribution in [3.63, 3.8) is 0 Å². The number of amides is 1. The highest BCUT2D eigenvalue weighted by molar-refractivity contribution is 5.92. The Balaban J connectivity index is 1.41. The second-order valence-electron chi connectivity index (χ2n) is 7.41. The molecule has 3 nitrogen and oxygen atoms in total. The van der Waals surface area contributed by atoms with Crippen LogP contribution in [0, 0.1) is 0 Å². The molecule has 1 spiro atoms. The van der Waals surface area contributed by atoms with Crippen molar-refractivity contribution in [1.29, 1.82) is 0 Å². The topological polar surface area (TPSA) is 32.3 Å². The Morgan fingerprint density at radius 2 is 1.82 bits per heavy atom. The molecule has 1 heterocycles. The number of benzene rings is 2. The lowest BCUT2D eigenvalue weighted by atomic mass is 10.1. The molecule has 0 radical (unpaired) electrons. The number of carbonyl (C=O) groups is 1. The van der Waals surface area contributed by atoms with Gasteiger partial charge in [0, 0.05) is 18.3 Å². The third-order valence-corrected chi connectivity index (χ3v) is 5.62. The van der Waals surface area contributed by atoms with E-state index in [1.54, 1.807) is 6.08 Å². The molecular weight excluding hydrogens is 365 g/mol. The lowest BCUT2D eigenvalue weighted by molar-refractivity contribution is -0.137. The van der Waals surface area contributed by atoms with Crippen LogP contribution in [0.2, 0.25) is 0 Å². The molecule has 146 valence electrons. The van der Waals surface area contributed by atoms with Gasteiger partial charge in [0.05, 0.1) is 17.1 Å². The number of nitrogens with zero attached hydrogens (tertiary/aromatic N) is 1. The van der Waals surface area contributed by atoms with Crippen molar-refractivity contribution < 1.29 is 18.0 Å². The van der Waals surface area contributed by atoms with Crippen LogP contribution in [-0.4, -0.2) is 24.0 Å². The molecular formula is C22H21F3N2O. The maximum Gasteiger partial charge on any atom is 0.416 e. The van der Waals surface area contributed by atoms with E-state index in [4.69, 9.17) is 0 Å². The maximum absolute atomic E-state index is 12.8. The van der Waals surface area contributed by atoms with Crippen molar-refractivity contribution in [2.24, 2.45) is 0 Å². The first-order valence-electron chi connectivity index (χ1n) is 9.37. The minimum atomic E-state index is -4.33. The van der Waals surface area contributed by atoms with Crippen LogP contribution < -0.4 is 10.2 Å². The van der Waals surface area contributed by atoms with E-state index in [1.165, 1.54) is 18.2 Å². The standard InChI is InChI=1S/C22H21F3N2O/c23-22(24,25)17-8-10-18(11-9-17)27-14-4-13-21(27)15-19(21)26-20(28)12-7-16-5-2-1-3-6-16/h1-3,5-12,19H,4,13-15H2,(H,26,28)/b12-7+. The molecule has 2 aromatic carbocycles. The first-order chi connectivity index (χ1) is 13.4. The second-order valence-corrected chi connectivity index (χ2v) is 7.41. The highest BCUT2D eigenvalue weighted by atomic mass is 19.4. The zero-order valence-corrected chi connectivity index (χ0v) is 15.2. The van der Waals surface area contributed by atoms with Gasteiger partial charge in [-0.05, 0) is 55.2 Å². The Hall–Kier alpha value is -2.76. The van der Waals surface area contributed by atoms with Gasteiger partial charge in [-0.1, -0.05) is 30.3 Å². The van der Waals surface area contributed by atoms with Gasteiger partial charge in [-0.25, -0.2) is 0 Å². The Labute approximate surface area is 161 Å². The van der Waals surface area contributed by atoms with Crippen LogP contribution in [0.15, 0.2) is 60.7 Å².